The molecule has 0 bridgehead atoms. The van der Waals surface area contributed by atoms with Crippen LogP contribution in [0.5, 0.6) is 5.75 Å². The molecule has 0 radical (unpaired) electrons. The molecular weight excluding hydrogens is 284 g/mol. The van der Waals surface area contributed by atoms with Gasteiger partial charge in [-0.05, 0) is 56.9 Å². The zero-order valence-electron chi connectivity index (χ0n) is 12.4. The SMILES string of the molecule is CC1(Oc2ccc([S+]3CCSCC3)cc2)CCCCC1. The monoisotopic (exact) mass is 309 g/mol. The predicted octanol–water partition coefficient (Wildman–Crippen LogP) is 4.51. The third kappa shape index (κ3) is 3.67. The second-order valence-electron chi connectivity index (χ2n) is 6.10. The van der Waals surface area contributed by atoms with Gasteiger partial charge in [-0.2, -0.15) is 11.8 Å². The molecule has 0 spiro atoms. The number of benzene rings is 1. The molecule has 0 amide bonds. The van der Waals surface area contributed by atoms with Crippen molar-refractivity contribution in [2.24, 2.45) is 0 Å². The molecule has 1 nitrogen and oxygen atoms in total. The van der Waals surface area contributed by atoms with Crippen molar-refractivity contribution < 1.29 is 4.74 Å². The first-order valence-electron chi connectivity index (χ1n) is 7.80. The third-order valence-electron chi connectivity index (χ3n) is 4.38. The van der Waals surface area contributed by atoms with Crippen molar-refractivity contribution in [2.75, 3.05) is 23.0 Å². The molecule has 1 aromatic carbocycles. The summed E-state index contributed by atoms with van der Waals surface area (Å²) in [5.74, 6) is 6.46. The Labute approximate surface area is 130 Å². The highest BCUT2D eigenvalue weighted by Crippen LogP contribution is 2.33. The number of hydrogen-bond donors (Lipinski definition) is 0. The molecule has 1 aromatic rings. The van der Waals surface area contributed by atoms with Gasteiger partial charge in [0.1, 0.15) is 22.9 Å². The van der Waals surface area contributed by atoms with Crippen LogP contribution in [0.3, 0.4) is 0 Å². The highest BCUT2D eigenvalue weighted by molar-refractivity contribution is 8.05. The molecular formula is C17H25OS2+. The van der Waals surface area contributed by atoms with Crippen LogP contribution in [0.15, 0.2) is 29.2 Å². The molecule has 0 aromatic heterocycles. The average molecular weight is 310 g/mol. The molecule has 3 heteroatoms. The molecule has 1 saturated heterocycles. The Bertz CT molecular complexity index is 417. The van der Waals surface area contributed by atoms with Crippen molar-refractivity contribution in [3.63, 3.8) is 0 Å². The standard InChI is InChI=1S/C17H25OS2/c1-17(9-3-2-4-10-17)18-15-5-7-16(8-6-15)20-13-11-19-12-14-20/h5-8H,2-4,9-14H2,1H3/q+1. The van der Waals surface area contributed by atoms with E-state index >= 15 is 0 Å². The van der Waals surface area contributed by atoms with Crippen LogP contribution in [-0.2, 0) is 10.9 Å². The molecule has 1 aliphatic carbocycles. The molecule has 110 valence electrons. The Morgan fingerprint density at radius 1 is 1.00 bits per heavy atom. The first-order chi connectivity index (χ1) is 9.75. The fourth-order valence-corrected chi connectivity index (χ4v) is 7.10. The summed E-state index contributed by atoms with van der Waals surface area (Å²) in [5.41, 5.74) is 0.0729. The number of hydrogen-bond acceptors (Lipinski definition) is 2. The summed E-state index contributed by atoms with van der Waals surface area (Å²) in [4.78, 5) is 1.53. The van der Waals surface area contributed by atoms with Crippen LogP contribution >= 0.6 is 11.8 Å². The van der Waals surface area contributed by atoms with Crippen LogP contribution in [0.25, 0.3) is 0 Å². The van der Waals surface area contributed by atoms with Crippen LogP contribution < -0.4 is 4.74 Å². The van der Waals surface area contributed by atoms with Gasteiger partial charge in [-0.1, -0.05) is 6.42 Å². The molecule has 1 aliphatic heterocycles. The van der Waals surface area contributed by atoms with E-state index in [0.717, 1.165) is 5.75 Å². The van der Waals surface area contributed by atoms with Crippen molar-refractivity contribution in [3.05, 3.63) is 24.3 Å². The van der Waals surface area contributed by atoms with E-state index in [9.17, 15) is 0 Å². The van der Waals surface area contributed by atoms with Gasteiger partial charge in [-0.3, -0.25) is 0 Å². The first kappa shape index (κ1) is 14.6. The lowest BCUT2D eigenvalue weighted by atomic mass is 9.86. The Balaban J connectivity index is 1.63. The van der Waals surface area contributed by atoms with Crippen molar-refractivity contribution in [3.8, 4) is 5.75 Å². The lowest BCUT2D eigenvalue weighted by Gasteiger charge is -2.34. The molecule has 2 fully saturated rings. The van der Waals surface area contributed by atoms with Gasteiger partial charge in [0, 0.05) is 22.4 Å². The molecule has 20 heavy (non-hydrogen) atoms. The van der Waals surface area contributed by atoms with Gasteiger partial charge in [0.2, 0.25) is 0 Å². The minimum atomic E-state index is 0.0729. The minimum absolute atomic E-state index is 0.0729. The Kier molecular flexibility index (Phi) is 4.87. The number of rotatable bonds is 3. The van der Waals surface area contributed by atoms with Crippen LogP contribution in [0.2, 0.25) is 0 Å². The summed E-state index contributed by atoms with van der Waals surface area (Å²) >= 11 is 2.10. The second-order valence-corrected chi connectivity index (χ2v) is 9.60. The van der Waals surface area contributed by atoms with Crippen molar-refractivity contribution in [2.45, 2.75) is 49.5 Å². The first-order valence-corrected chi connectivity index (χ1v) is 10.5. The van der Waals surface area contributed by atoms with E-state index in [-0.39, 0.29) is 5.60 Å². The van der Waals surface area contributed by atoms with Crippen molar-refractivity contribution in [1.29, 1.82) is 0 Å². The number of ether oxygens (including phenoxy) is 1. The van der Waals surface area contributed by atoms with Gasteiger partial charge in [0.15, 0.2) is 4.90 Å². The van der Waals surface area contributed by atoms with Gasteiger partial charge in [-0.15, -0.1) is 0 Å². The molecule has 0 atom stereocenters. The topological polar surface area (TPSA) is 9.23 Å². The van der Waals surface area contributed by atoms with E-state index in [4.69, 9.17) is 4.74 Å². The zero-order valence-corrected chi connectivity index (χ0v) is 14.0. The molecule has 2 aliphatic rings. The normalized spacial score (nSPS) is 23.4. The van der Waals surface area contributed by atoms with Gasteiger partial charge >= 0.3 is 0 Å². The summed E-state index contributed by atoms with van der Waals surface area (Å²) < 4.78 is 6.28. The minimum Gasteiger partial charge on any atom is -0.488 e. The molecule has 0 N–H and O–H groups in total. The van der Waals surface area contributed by atoms with E-state index in [2.05, 4.69) is 43.0 Å². The zero-order chi connectivity index (χ0) is 13.8. The highest BCUT2D eigenvalue weighted by Gasteiger charge is 2.29. The maximum atomic E-state index is 6.28. The number of thioether (sulfide) groups is 1. The second kappa shape index (κ2) is 6.65. The van der Waals surface area contributed by atoms with E-state index in [1.165, 1.54) is 60.0 Å². The summed E-state index contributed by atoms with van der Waals surface area (Å²) in [6.07, 6.45) is 6.41. The Morgan fingerprint density at radius 3 is 2.30 bits per heavy atom. The van der Waals surface area contributed by atoms with Crippen molar-refractivity contribution in [1.82, 2.24) is 0 Å². The summed E-state index contributed by atoms with van der Waals surface area (Å²) in [6.45, 7) is 2.28. The molecule has 1 saturated carbocycles. The van der Waals surface area contributed by atoms with Gasteiger partial charge < -0.3 is 4.74 Å². The fraction of sp³-hybridized carbons (Fsp3) is 0.647. The maximum absolute atomic E-state index is 6.28. The van der Waals surface area contributed by atoms with Crippen LogP contribution in [0.4, 0.5) is 0 Å². The van der Waals surface area contributed by atoms with Crippen molar-refractivity contribution >= 4 is 22.7 Å². The highest BCUT2D eigenvalue weighted by atomic mass is 32.2. The van der Waals surface area contributed by atoms with E-state index in [1.807, 2.05) is 0 Å². The van der Waals surface area contributed by atoms with Gasteiger partial charge in [-0.25, -0.2) is 0 Å². The van der Waals surface area contributed by atoms with Crippen LogP contribution in [-0.4, -0.2) is 28.6 Å². The molecule has 0 unspecified atom stereocenters. The lowest BCUT2D eigenvalue weighted by molar-refractivity contribution is 0.0487. The Hall–Kier alpha value is -0.280. The van der Waals surface area contributed by atoms with Gasteiger partial charge in [0.05, 0.1) is 0 Å². The lowest BCUT2D eigenvalue weighted by Crippen LogP contribution is -2.34. The summed E-state index contributed by atoms with van der Waals surface area (Å²) in [7, 11) is 0.490. The smallest absolute Gasteiger partial charge is 0.155 e. The third-order valence-corrected chi connectivity index (χ3v) is 8.22. The fourth-order valence-electron chi connectivity index (χ4n) is 3.15. The molecule has 3 rings (SSSR count). The van der Waals surface area contributed by atoms with Crippen LogP contribution in [0, 0.1) is 0 Å². The van der Waals surface area contributed by atoms with Crippen LogP contribution in [0.1, 0.15) is 39.0 Å². The van der Waals surface area contributed by atoms with E-state index < -0.39 is 0 Å². The predicted molar refractivity (Wildman–Crippen MR) is 91.3 cm³/mol. The van der Waals surface area contributed by atoms with Gasteiger partial charge in [0.25, 0.3) is 0 Å². The average Bonchev–Trinajstić information content (AvgIpc) is 2.49. The quantitative estimate of drug-likeness (QED) is 0.760. The van der Waals surface area contributed by atoms with E-state index in [1.54, 1.807) is 0 Å². The molecule has 1 heterocycles. The maximum Gasteiger partial charge on any atom is 0.155 e. The largest absolute Gasteiger partial charge is 0.488 e. The van der Waals surface area contributed by atoms with E-state index in [0.29, 0.717) is 10.9 Å². The summed E-state index contributed by atoms with van der Waals surface area (Å²) in [6, 6.07) is 9.01. The Morgan fingerprint density at radius 2 is 1.65 bits per heavy atom. The summed E-state index contributed by atoms with van der Waals surface area (Å²) in [5, 5.41) is 0.